The molecule has 0 radical (unpaired) electrons. The SMILES string of the molecule is CC(N)c1ccc(NCc2csc(-c3ncccn3)n2)cc1. The van der Waals surface area contributed by atoms with Crippen molar-refractivity contribution in [3.05, 3.63) is 59.4 Å². The lowest BCUT2D eigenvalue weighted by Gasteiger charge is -2.08. The maximum Gasteiger partial charge on any atom is 0.188 e. The highest BCUT2D eigenvalue weighted by Crippen LogP contribution is 2.20. The number of nitrogens with one attached hydrogen (secondary N) is 1. The van der Waals surface area contributed by atoms with E-state index in [2.05, 4.69) is 20.3 Å². The molecule has 1 aromatic carbocycles. The quantitative estimate of drug-likeness (QED) is 0.756. The van der Waals surface area contributed by atoms with Crippen LogP contribution < -0.4 is 11.1 Å². The van der Waals surface area contributed by atoms with E-state index in [4.69, 9.17) is 5.73 Å². The molecular formula is C16H17N5S. The molecule has 0 saturated carbocycles. The van der Waals surface area contributed by atoms with E-state index in [-0.39, 0.29) is 6.04 Å². The van der Waals surface area contributed by atoms with Gasteiger partial charge in [0.2, 0.25) is 0 Å². The van der Waals surface area contributed by atoms with E-state index >= 15 is 0 Å². The zero-order valence-corrected chi connectivity index (χ0v) is 13.0. The highest BCUT2D eigenvalue weighted by atomic mass is 32.1. The number of thiazole rings is 1. The van der Waals surface area contributed by atoms with Gasteiger partial charge in [-0.1, -0.05) is 12.1 Å². The first-order chi connectivity index (χ1) is 10.7. The number of rotatable bonds is 5. The third-order valence-corrected chi connectivity index (χ3v) is 4.11. The van der Waals surface area contributed by atoms with E-state index < -0.39 is 0 Å². The lowest BCUT2D eigenvalue weighted by atomic mass is 10.1. The Morgan fingerprint density at radius 1 is 1.18 bits per heavy atom. The Bertz CT molecular complexity index is 722. The van der Waals surface area contributed by atoms with Crippen molar-refractivity contribution in [3.8, 4) is 10.8 Å². The monoisotopic (exact) mass is 311 g/mol. The van der Waals surface area contributed by atoms with Crippen molar-refractivity contribution >= 4 is 17.0 Å². The fourth-order valence-corrected chi connectivity index (χ4v) is 2.76. The topological polar surface area (TPSA) is 76.7 Å². The second kappa shape index (κ2) is 6.64. The Morgan fingerprint density at radius 2 is 1.91 bits per heavy atom. The van der Waals surface area contributed by atoms with Gasteiger partial charge in [0.15, 0.2) is 10.8 Å². The van der Waals surface area contributed by atoms with Crippen LogP contribution in [-0.2, 0) is 6.54 Å². The first kappa shape index (κ1) is 14.6. The van der Waals surface area contributed by atoms with Crippen molar-refractivity contribution in [1.82, 2.24) is 15.0 Å². The van der Waals surface area contributed by atoms with E-state index in [1.165, 1.54) is 0 Å². The highest BCUT2D eigenvalue weighted by Gasteiger charge is 2.06. The second-order valence-electron chi connectivity index (χ2n) is 4.98. The molecule has 5 nitrogen and oxygen atoms in total. The second-order valence-corrected chi connectivity index (χ2v) is 5.84. The molecule has 1 unspecified atom stereocenters. The molecule has 6 heteroatoms. The molecule has 2 heterocycles. The van der Waals surface area contributed by atoms with E-state index in [1.54, 1.807) is 29.8 Å². The lowest BCUT2D eigenvalue weighted by Crippen LogP contribution is -2.05. The van der Waals surface area contributed by atoms with Gasteiger partial charge >= 0.3 is 0 Å². The summed E-state index contributed by atoms with van der Waals surface area (Å²) < 4.78 is 0. The number of nitrogens with two attached hydrogens (primary N) is 1. The molecule has 0 aliphatic rings. The van der Waals surface area contributed by atoms with Crippen LogP contribution in [0.1, 0.15) is 24.2 Å². The molecule has 3 N–H and O–H groups in total. The van der Waals surface area contributed by atoms with Gasteiger partial charge in [-0.15, -0.1) is 11.3 Å². The van der Waals surface area contributed by atoms with Crippen LogP contribution in [0.3, 0.4) is 0 Å². The van der Waals surface area contributed by atoms with Crippen LogP contribution in [0.4, 0.5) is 5.69 Å². The average molecular weight is 311 g/mol. The molecule has 0 amide bonds. The summed E-state index contributed by atoms with van der Waals surface area (Å²) in [6.07, 6.45) is 3.45. The molecule has 0 aliphatic carbocycles. The Labute approximate surface area is 133 Å². The minimum atomic E-state index is 0.0565. The Morgan fingerprint density at radius 3 is 2.59 bits per heavy atom. The Balaban J connectivity index is 1.63. The van der Waals surface area contributed by atoms with Crippen molar-refractivity contribution in [2.24, 2.45) is 5.73 Å². The maximum absolute atomic E-state index is 5.85. The summed E-state index contributed by atoms with van der Waals surface area (Å²) in [5.41, 5.74) is 9.00. The van der Waals surface area contributed by atoms with Gasteiger partial charge < -0.3 is 11.1 Å². The first-order valence-corrected chi connectivity index (χ1v) is 7.91. The zero-order chi connectivity index (χ0) is 15.4. The van der Waals surface area contributed by atoms with Gasteiger partial charge in [-0.25, -0.2) is 15.0 Å². The van der Waals surface area contributed by atoms with Crippen molar-refractivity contribution in [3.63, 3.8) is 0 Å². The number of benzene rings is 1. The molecule has 0 saturated heterocycles. The van der Waals surface area contributed by atoms with Crippen LogP contribution in [0, 0.1) is 0 Å². The normalized spacial score (nSPS) is 12.1. The Kier molecular flexibility index (Phi) is 4.41. The zero-order valence-electron chi connectivity index (χ0n) is 12.2. The van der Waals surface area contributed by atoms with E-state index in [1.807, 2.05) is 36.6 Å². The molecular weight excluding hydrogens is 294 g/mol. The van der Waals surface area contributed by atoms with E-state index in [9.17, 15) is 0 Å². The van der Waals surface area contributed by atoms with E-state index in [0.29, 0.717) is 12.4 Å². The summed E-state index contributed by atoms with van der Waals surface area (Å²) >= 11 is 1.55. The van der Waals surface area contributed by atoms with Gasteiger partial charge in [0.25, 0.3) is 0 Å². The van der Waals surface area contributed by atoms with Crippen molar-refractivity contribution in [2.45, 2.75) is 19.5 Å². The third-order valence-electron chi connectivity index (χ3n) is 3.22. The molecule has 2 aromatic heterocycles. The van der Waals surface area contributed by atoms with E-state index in [0.717, 1.165) is 22.0 Å². The maximum atomic E-state index is 5.85. The summed E-state index contributed by atoms with van der Waals surface area (Å²) in [4.78, 5) is 13.0. The first-order valence-electron chi connectivity index (χ1n) is 7.03. The molecule has 1 atom stereocenters. The third kappa shape index (κ3) is 3.47. The molecule has 22 heavy (non-hydrogen) atoms. The fraction of sp³-hybridized carbons (Fsp3) is 0.188. The van der Waals surface area contributed by atoms with Crippen LogP contribution >= 0.6 is 11.3 Å². The standard InChI is InChI=1S/C16H17N5S/c1-11(17)12-3-5-13(6-4-12)20-9-14-10-22-16(21-14)15-18-7-2-8-19-15/h2-8,10-11,20H,9,17H2,1H3. The van der Waals surface area contributed by atoms with Gasteiger partial charge in [0.1, 0.15) is 0 Å². The minimum Gasteiger partial charge on any atom is -0.379 e. The molecule has 3 aromatic rings. The van der Waals surface area contributed by atoms with Gasteiger partial charge in [-0.2, -0.15) is 0 Å². The summed E-state index contributed by atoms with van der Waals surface area (Å²) in [5, 5.41) is 6.21. The number of hydrogen-bond donors (Lipinski definition) is 2. The van der Waals surface area contributed by atoms with Crippen LogP contribution in [0.2, 0.25) is 0 Å². The lowest BCUT2D eigenvalue weighted by molar-refractivity contribution is 0.818. The predicted molar refractivity (Wildman–Crippen MR) is 89.5 cm³/mol. The van der Waals surface area contributed by atoms with Crippen molar-refractivity contribution in [1.29, 1.82) is 0 Å². The average Bonchev–Trinajstić information content (AvgIpc) is 3.03. The number of hydrogen-bond acceptors (Lipinski definition) is 6. The number of nitrogens with zero attached hydrogens (tertiary/aromatic N) is 3. The summed E-state index contributed by atoms with van der Waals surface area (Å²) in [7, 11) is 0. The van der Waals surface area contributed by atoms with Crippen LogP contribution in [0.5, 0.6) is 0 Å². The van der Waals surface area contributed by atoms with Crippen LogP contribution in [0.25, 0.3) is 10.8 Å². The molecule has 3 rings (SSSR count). The number of anilines is 1. The van der Waals surface area contributed by atoms with Gasteiger partial charge in [0, 0.05) is 29.5 Å². The minimum absolute atomic E-state index is 0.0565. The van der Waals surface area contributed by atoms with Crippen LogP contribution in [0.15, 0.2) is 48.1 Å². The van der Waals surface area contributed by atoms with Gasteiger partial charge in [-0.05, 0) is 30.7 Å². The summed E-state index contributed by atoms with van der Waals surface area (Å²) in [6, 6.07) is 10.00. The highest BCUT2D eigenvalue weighted by molar-refractivity contribution is 7.13. The molecule has 112 valence electrons. The molecule has 0 spiro atoms. The van der Waals surface area contributed by atoms with Crippen molar-refractivity contribution in [2.75, 3.05) is 5.32 Å². The molecule has 0 aliphatic heterocycles. The molecule has 0 fully saturated rings. The smallest absolute Gasteiger partial charge is 0.188 e. The van der Waals surface area contributed by atoms with Crippen LogP contribution in [-0.4, -0.2) is 15.0 Å². The van der Waals surface area contributed by atoms with Gasteiger partial charge in [0.05, 0.1) is 12.2 Å². The fourth-order valence-electron chi connectivity index (χ4n) is 2.00. The van der Waals surface area contributed by atoms with Crippen molar-refractivity contribution < 1.29 is 0 Å². The van der Waals surface area contributed by atoms with Gasteiger partial charge in [-0.3, -0.25) is 0 Å². The summed E-state index contributed by atoms with van der Waals surface area (Å²) in [5.74, 6) is 0.667. The number of aromatic nitrogens is 3. The summed E-state index contributed by atoms with van der Waals surface area (Å²) in [6.45, 7) is 2.64. The largest absolute Gasteiger partial charge is 0.379 e. The molecule has 0 bridgehead atoms. The predicted octanol–water partition coefficient (Wildman–Crippen LogP) is 3.23. The Hall–Kier alpha value is -2.31.